The normalized spacial score (nSPS) is 11.6. The van der Waals surface area contributed by atoms with Crippen molar-refractivity contribution >= 4 is 25.8 Å². The van der Waals surface area contributed by atoms with Crippen LogP contribution in [0.25, 0.3) is 11.1 Å². The van der Waals surface area contributed by atoms with Crippen LogP contribution in [0.2, 0.25) is 0 Å². The van der Waals surface area contributed by atoms with E-state index in [2.05, 4.69) is 4.72 Å². The van der Waals surface area contributed by atoms with Crippen molar-refractivity contribution in [3.05, 3.63) is 108 Å². The highest BCUT2D eigenvalue weighted by Gasteiger charge is 2.22. The molecule has 4 aromatic carbocycles. The van der Waals surface area contributed by atoms with Gasteiger partial charge in [-0.1, -0.05) is 42.5 Å². The summed E-state index contributed by atoms with van der Waals surface area (Å²) in [4.78, 5) is 13.1. The summed E-state index contributed by atoms with van der Waals surface area (Å²) in [5, 5.41) is 0. The number of carbonyl (C=O) groups is 1. The Bertz CT molecular complexity index is 1750. The minimum absolute atomic E-state index is 0.0227. The number of carbonyl (C=O) groups excluding carboxylic acids is 1. The van der Waals surface area contributed by atoms with Gasteiger partial charge in [-0.2, -0.15) is 0 Å². The number of aryl methyl sites for hydroxylation is 2. The van der Waals surface area contributed by atoms with Crippen molar-refractivity contribution in [2.45, 2.75) is 29.6 Å². The zero-order valence-electron chi connectivity index (χ0n) is 23.0. The van der Waals surface area contributed by atoms with E-state index in [9.17, 15) is 21.6 Å². The van der Waals surface area contributed by atoms with Crippen LogP contribution in [0, 0.1) is 0 Å². The van der Waals surface area contributed by atoms with Gasteiger partial charge in [-0.05, 0) is 85.0 Å². The largest absolute Gasteiger partial charge is 0.497 e. The van der Waals surface area contributed by atoms with Crippen LogP contribution in [-0.2, 0) is 32.7 Å². The number of amides is 1. The highest BCUT2D eigenvalue weighted by Crippen LogP contribution is 2.35. The topological polar surface area (TPSA) is 116 Å². The molecule has 0 fully saturated rings. The highest BCUT2D eigenvalue weighted by atomic mass is 32.2. The summed E-state index contributed by atoms with van der Waals surface area (Å²) in [6.07, 6.45) is 2.13. The van der Waals surface area contributed by atoms with E-state index in [4.69, 9.17) is 9.47 Å². The molecule has 0 aliphatic rings. The van der Waals surface area contributed by atoms with Gasteiger partial charge in [-0.15, -0.1) is 0 Å². The Hall–Kier alpha value is -4.15. The number of rotatable bonds is 11. The molecule has 0 unspecified atom stereocenters. The van der Waals surface area contributed by atoms with E-state index in [1.54, 1.807) is 25.3 Å². The van der Waals surface area contributed by atoms with Gasteiger partial charge in [0.1, 0.15) is 11.5 Å². The first-order valence-electron chi connectivity index (χ1n) is 12.9. The Kier molecular flexibility index (Phi) is 9.14. The molecule has 214 valence electrons. The molecule has 0 radical (unpaired) electrons. The summed E-state index contributed by atoms with van der Waals surface area (Å²) in [5.41, 5.74) is 3.49. The Labute approximate surface area is 240 Å². The van der Waals surface area contributed by atoms with Crippen molar-refractivity contribution in [1.29, 1.82) is 0 Å². The lowest BCUT2D eigenvalue weighted by Crippen LogP contribution is -2.31. The van der Waals surface area contributed by atoms with E-state index in [1.165, 1.54) is 12.1 Å². The van der Waals surface area contributed by atoms with Gasteiger partial charge in [-0.3, -0.25) is 4.79 Å². The fourth-order valence-electron chi connectivity index (χ4n) is 4.36. The van der Waals surface area contributed by atoms with Crippen molar-refractivity contribution in [3.63, 3.8) is 0 Å². The number of benzene rings is 4. The second-order valence-electron chi connectivity index (χ2n) is 9.33. The SMILES string of the molecule is CCOc1ccc(OC)cc1-c1ccc(C(=O)NS(=O)(=O)c2ccc(S(C)(=O)=O)cc2)c(CCc2ccccc2)c1. The first-order valence-corrected chi connectivity index (χ1v) is 16.2. The molecule has 1 N–H and O–H groups in total. The van der Waals surface area contributed by atoms with Crippen LogP contribution in [-0.4, -0.2) is 42.7 Å². The van der Waals surface area contributed by atoms with Crippen molar-refractivity contribution in [2.75, 3.05) is 20.0 Å². The molecule has 1 amide bonds. The summed E-state index contributed by atoms with van der Waals surface area (Å²) in [6, 6.07) is 25.2. The molecule has 4 rings (SSSR count). The summed E-state index contributed by atoms with van der Waals surface area (Å²) >= 11 is 0. The zero-order valence-corrected chi connectivity index (χ0v) is 24.6. The number of sulfone groups is 1. The van der Waals surface area contributed by atoms with Crippen molar-refractivity contribution in [3.8, 4) is 22.6 Å². The van der Waals surface area contributed by atoms with Gasteiger partial charge in [0, 0.05) is 17.4 Å². The molecule has 8 nitrogen and oxygen atoms in total. The fraction of sp³-hybridized carbons (Fsp3) is 0.194. The molecule has 0 heterocycles. The Balaban J connectivity index is 1.71. The molecule has 4 aromatic rings. The first kappa shape index (κ1) is 29.8. The summed E-state index contributed by atoms with van der Waals surface area (Å²) in [6.45, 7) is 2.35. The van der Waals surface area contributed by atoms with E-state index in [0.717, 1.165) is 35.1 Å². The number of methoxy groups -OCH3 is 1. The number of ether oxygens (including phenoxy) is 2. The summed E-state index contributed by atoms with van der Waals surface area (Å²) in [7, 11) is -6.20. The van der Waals surface area contributed by atoms with E-state index in [0.29, 0.717) is 36.5 Å². The average Bonchev–Trinajstić information content (AvgIpc) is 2.96. The van der Waals surface area contributed by atoms with Gasteiger partial charge in [-0.25, -0.2) is 21.6 Å². The molecular formula is C31H31NO7S2. The van der Waals surface area contributed by atoms with E-state index in [1.807, 2.05) is 55.5 Å². The number of sulfonamides is 1. The molecule has 0 aromatic heterocycles. The molecule has 10 heteroatoms. The molecule has 0 atom stereocenters. The first-order chi connectivity index (χ1) is 19.5. The van der Waals surface area contributed by atoms with Crippen LogP contribution >= 0.6 is 0 Å². The van der Waals surface area contributed by atoms with Crippen LogP contribution in [0.3, 0.4) is 0 Å². The van der Waals surface area contributed by atoms with Gasteiger partial charge >= 0.3 is 0 Å². The Morgan fingerprint density at radius 2 is 1.49 bits per heavy atom. The van der Waals surface area contributed by atoms with E-state index >= 15 is 0 Å². The molecule has 0 bridgehead atoms. The maximum atomic E-state index is 13.4. The minimum atomic E-state index is -4.27. The van der Waals surface area contributed by atoms with Crippen molar-refractivity contribution < 1.29 is 31.1 Å². The van der Waals surface area contributed by atoms with Crippen LogP contribution in [0.1, 0.15) is 28.4 Å². The average molecular weight is 594 g/mol. The van der Waals surface area contributed by atoms with Crippen molar-refractivity contribution in [1.82, 2.24) is 4.72 Å². The lowest BCUT2D eigenvalue weighted by molar-refractivity contribution is 0.0980. The fourth-order valence-corrected chi connectivity index (χ4v) is 5.95. The maximum Gasteiger partial charge on any atom is 0.265 e. The van der Waals surface area contributed by atoms with Crippen LogP contribution < -0.4 is 14.2 Å². The monoisotopic (exact) mass is 593 g/mol. The minimum Gasteiger partial charge on any atom is -0.497 e. The van der Waals surface area contributed by atoms with Gasteiger partial charge in [0.05, 0.1) is 23.5 Å². The van der Waals surface area contributed by atoms with Gasteiger partial charge in [0.2, 0.25) is 0 Å². The molecular weight excluding hydrogens is 562 g/mol. The number of hydrogen-bond donors (Lipinski definition) is 1. The molecule has 41 heavy (non-hydrogen) atoms. The standard InChI is InChI=1S/C31H31NO7S2/c1-4-39-30-19-13-25(38-2)21-29(30)24-12-18-28(23(20-24)11-10-22-8-6-5-7-9-22)31(33)32-41(36,37)27-16-14-26(15-17-27)40(3,34)35/h5-9,12-21H,4,10-11H2,1-3H3,(H,32,33). The third-order valence-electron chi connectivity index (χ3n) is 6.46. The van der Waals surface area contributed by atoms with Gasteiger partial charge < -0.3 is 9.47 Å². The molecule has 0 spiro atoms. The lowest BCUT2D eigenvalue weighted by atomic mass is 9.94. The second-order valence-corrected chi connectivity index (χ2v) is 13.0. The van der Waals surface area contributed by atoms with Crippen LogP contribution in [0.15, 0.2) is 101 Å². The molecule has 0 saturated heterocycles. The van der Waals surface area contributed by atoms with E-state index < -0.39 is 25.8 Å². The predicted molar refractivity (Wildman–Crippen MR) is 158 cm³/mol. The predicted octanol–water partition coefficient (Wildman–Crippen LogP) is 5.07. The summed E-state index contributed by atoms with van der Waals surface area (Å²) in [5.74, 6) is 0.506. The molecule has 0 saturated carbocycles. The number of hydrogen-bond acceptors (Lipinski definition) is 7. The third kappa shape index (κ3) is 7.33. The lowest BCUT2D eigenvalue weighted by Gasteiger charge is -2.16. The van der Waals surface area contributed by atoms with Gasteiger partial charge in [0.15, 0.2) is 9.84 Å². The Morgan fingerprint density at radius 1 is 0.805 bits per heavy atom. The maximum absolute atomic E-state index is 13.4. The van der Waals surface area contributed by atoms with E-state index in [-0.39, 0.29) is 15.4 Å². The quantitative estimate of drug-likeness (QED) is 0.258. The van der Waals surface area contributed by atoms with Gasteiger partial charge in [0.25, 0.3) is 15.9 Å². The Morgan fingerprint density at radius 3 is 2.12 bits per heavy atom. The third-order valence-corrected chi connectivity index (χ3v) is 8.94. The zero-order chi connectivity index (χ0) is 29.6. The smallest absolute Gasteiger partial charge is 0.265 e. The molecule has 0 aliphatic heterocycles. The van der Waals surface area contributed by atoms with Crippen molar-refractivity contribution in [2.24, 2.45) is 0 Å². The number of nitrogens with one attached hydrogen (secondary N) is 1. The molecule has 0 aliphatic carbocycles. The highest BCUT2D eigenvalue weighted by molar-refractivity contribution is 7.91. The summed E-state index contributed by atoms with van der Waals surface area (Å²) < 4.78 is 62.9. The van der Waals surface area contributed by atoms with Crippen LogP contribution in [0.4, 0.5) is 0 Å². The second kappa shape index (κ2) is 12.6. The van der Waals surface area contributed by atoms with Crippen LogP contribution in [0.5, 0.6) is 11.5 Å².